The average molecular weight is 180 g/mol. The Kier molecular flexibility index (Phi) is 2.94. The third kappa shape index (κ3) is 1.70. The first-order chi connectivity index (χ1) is 6.02. The van der Waals surface area contributed by atoms with Crippen LogP contribution < -0.4 is 0 Å². The van der Waals surface area contributed by atoms with E-state index in [1.807, 2.05) is 6.92 Å². The van der Waals surface area contributed by atoms with Gasteiger partial charge in [-0.1, -0.05) is 32.9 Å². The molecule has 0 amide bonds. The number of carbonyl (C=O) groups is 1. The van der Waals surface area contributed by atoms with E-state index in [9.17, 15) is 4.79 Å². The van der Waals surface area contributed by atoms with Crippen LogP contribution in [0, 0.1) is 17.3 Å². The normalized spacial score (nSPS) is 41.4. The molecular weight excluding hydrogens is 160 g/mol. The standard InChI is InChI=1S/C12H20O/c1-5-8-12(4)9(2)6-7-11(13)10(12)3/h5,8-10H,6-7H2,1-4H3/t9-,10+,12+/m1/s1. The molecule has 3 atom stereocenters. The van der Waals surface area contributed by atoms with Crippen molar-refractivity contribution in [1.29, 1.82) is 0 Å². The van der Waals surface area contributed by atoms with Crippen LogP contribution in [0.1, 0.15) is 40.5 Å². The second-order valence-corrected chi connectivity index (χ2v) is 4.49. The van der Waals surface area contributed by atoms with Gasteiger partial charge in [0.15, 0.2) is 0 Å². The second kappa shape index (κ2) is 3.65. The van der Waals surface area contributed by atoms with Gasteiger partial charge in [0.25, 0.3) is 0 Å². The molecule has 1 aliphatic carbocycles. The van der Waals surface area contributed by atoms with Crippen molar-refractivity contribution < 1.29 is 4.79 Å². The maximum atomic E-state index is 11.6. The third-order valence-corrected chi connectivity index (χ3v) is 3.83. The summed E-state index contributed by atoms with van der Waals surface area (Å²) < 4.78 is 0. The van der Waals surface area contributed by atoms with E-state index in [0.29, 0.717) is 11.7 Å². The Labute approximate surface area is 81.2 Å². The Morgan fingerprint density at radius 2 is 2.08 bits per heavy atom. The van der Waals surface area contributed by atoms with E-state index in [2.05, 4.69) is 32.9 Å². The van der Waals surface area contributed by atoms with Crippen LogP contribution >= 0.6 is 0 Å². The monoisotopic (exact) mass is 180 g/mol. The number of Topliss-reactive ketones (excluding diaryl/α,β-unsaturated/α-hetero) is 1. The Morgan fingerprint density at radius 3 is 2.62 bits per heavy atom. The zero-order valence-corrected chi connectivity index (χ0v) is 9.13. The number of allylic oxidation sites excluding steroid dienone is 2. The average Bonchev–Trinajstić information content (AvgIpc) is 2.10. The zero-order valence-electron chi connectivity index (χ0n) is 9.13. The fourth-order valence-corrected chi connectivity index (χ4v) is 2.33. The van der Waals surface area contributed by atoms with E-state index in [4.69, 9.17) is 0 Å². The smallest absolute Gasteiger partial charge is 0.136 e. The predicted molar refractivity (Wildman–Crippen MR) is 55.5 cm³/mol. The van der Waals surface area contributed by atoms with E-state index < -0.39 is 0 Å². The number of ketones is 1. The van der Waals surface area contributed by atoms with E-state index in [0.717, 1.165) is 12.8 Å². The van der Waals surface area contributed by atoms with E-state index in [1.165, 1.54) is 0 Å². The minimum Gasteiger partial charge on any atom is -0.299 e. The maximum absolute atomic E-state index is 11.6. The van der Waals surface area contributed by atoms with Crippen molar-refractivity contribution in [1.82, 2.24) is 0 Å². The molecule has 0 radical (unpaired) electrons. The highest BCUT2D eigenvalue weighted by atomic mass is 16.1. The summed E-state index contributed by atoms with van der Waals surface area (Å²) >= 11 is 0. The van der Waals surface area contributed by atoms with Gasteiger partial charge in [0.2, 0.25) is 0 Å². The van der Waals surface area contributed by atoms with E-state index in [1.54, 1.807) is 0 Å². The molecule has 0 bridgehead atoms. The first kappa shape index (κ1) is 10.5. The second-order valence-electron chi connectivity index (χ2n) is 4.49. The van der Waals surface area contributed by atoms with Crippen LogP contribution in [0.4, 0.5) is 0 Å². The molecule has 0 aliphatic heterocycles. The summed E-state index contributed by atoms with van der Waals surface area (Å²) in [6.45, 7) is 8.56. The lowest BCUT2D eigenvalue weighted by Gasteiger charge is -2.41. The van der Waals surface area contributed by atoms with E-state index in [-0.39, 0.29) is 11.3 Å². The summed E-state index contributed by atoms with van der Waals surface area (Å²) in [5.74, 6) is 1.24. The molecule has 1 heteroatoms. The van der Waals surface area contributed by atoms with Gasteiger partial charge >= 0.3 is 0 Å². The predicted octanol–water partition coefficient (Wildman–Crippen LogP) is 3.20. The number of hydrogen-bond acceptors (Lipinski definition) is 1. The Bertz CT molecular complexity index is 229. The van der Waals surface area contributed by atoms with E-state index >= 15 is 0 Å². The van der Waals surface area contributed by atoms with Crippen LogP contribution in [-0.2, 0) is 4.79 Å². The van der Waals surface area contributed by atoms with Crippen LogP contribution in [0.25, 0.3) is 0 Å². The van der Waals surface area contributed by atoms with Crippen molar-refractivity contribution in [3.8, 4) is 0 Å². The highest BCUT2D eigenvalue weighted by molar-refractivity contribution is 5.82. The number of rotatable bonds is 1. The Hall–Kier alpha value is -0.590. The quantitative estimate of drug-likeness (QED) is 0.566. The summed E-state index contributed by atoms with van der Waals surface area (Å²) in [5, 5.41) is 0. The zero-order chi connectivity index (χ0) is 10.1. The van der Waals surface area contributed by atoms with Gasteiger partial charge < -0.3 is 0 Å². The van der Waals surface area contributed by atoms with Crippen molar-refractivity contribution in [2.75, 3.05) is 0 Å². The van der Waals surface area contributed by atoms with Crippen molar-refractivity contribution in [3.05, 3.63) is 12.2 Å². The van der Waals surface area contributed by atoms with Crippen molar-refractivity contribution >= 4 is 5.78 Å². The van der Waals surface area contributed by atoms with Gasteiger partial charge in [0.05, 0.1) is 0 Å². The lowest BCUT2D eigenvalue weighted by atomic mass is 9.62. The lowest BCUT2D eigenvalue weighted by Crippen LogP contribution is -2.39. The fourth-order valence-electron chi connectivity index (χ4n) is 2.33. The third-order valence-electron chi connectivity index (χ3n) is 3.83. The topological polar surface area (TPSA) is 17.1 Å². The van der Waals surface area contributed by atoms with Crippen LogP contribution in [-0.4, -0.2) is 5.78 Å². The summed E-state index contributed by atoms with van der Waals surface area (Å²) in [7, 11) is 0. The molecule has 1 rings (SSSR count). The molecule has 0 saturated heterocycles. The van der Waals surface area contributed by atoms with Crippen molar-refractivity contribution in [3.63, 3.8) is 0 Å². The number of hydrogen-bond donors (Lipinski definition) is 0. The van der Waals surface area contributed by atoms with Gasteiger partial charge in [-0.05, 0) is 24.7 Å². The first-order valence-corrected chi connectivity index (χ1v) is 5.19. The molecule has 0 spiro atoms. The molecule has 1 saturated carbocycles. The van der Waals surface area contributed by atoms with Gasteiger partial charge in [0, 0.05) is 12.3 Å². The molecule has 0 unspecified atom stereocenters. The van der Waals surface area contributed by atoms with Crippen LogP contribution in [0.3, 0.4) is 0 Å². The fraction of sp³-hybridized carbons (Fsp3) is 0.750. The molecule has 1 nitrogen and oxygen atoms in total. The van der Waals surface area contributed by atoms with Crippen molar-refractivity contribution in [2.24, 2.45) is 17.3 Å². The molecule has 0 N–H and O–H groups in total. The minimum atomic E-state index is 0.0874. The molecule has 0 aromatic heterocycles. The lowest BCUT2D eigenvalue weighted by molar-refractivity contribution is -0.129. The first-order valence-electron chi connectivity index (χ1n) is 5.19. The van der Waals surface area contributed by atoms with Gasteiger partial charge in [-0.3, -0.25) is 4.79 Å². The summed E-state index contributed by atoms with van der Waals surface area (Å²) in [4.78, 5) is 11.6. The number of carbonyl (C=O) groups excluding carboxylic acids is 1. The molecule has 0 heterocycles. The molecular formula is C12H20O. The SMILES string of the molecule is CC=C[C@@]1(C)[C@H](C)CCC(=O)[C@@H]1C. The molecule has 0 aromatic rings. The minimum absolute atomic E-state index is 0.0874. The Morgan fingerprint density at radius 1 is 1.46 bits per heavy atom. The summed E-state index contributed by atoms with van der Waals surface area (Å²) in [6.07, 6.45) is 6.10. The highest BCUT2D eigenvalue weighted by Gasteiger charge is 2.41. The largest absolute Gasteiger partial charge is 0.299 e. The summed E-state index contributed by atoms with van der Waals surface area (Å²) in [6, 6.07) is 0. The highest BCUT2D eigenvalue weighted by Crippen LogP contribution is 2.44. The molecule has 74 valence electrons. The molecule has 1 aliphatic rings. The molecule has 13 heavy (non-hydrogen) atoms. The van der Waals surface area contributed by atoms with Gasteiger partial charge in [-0.2, -0.15) is 0 Å². The van der Waals surface area contributed by atoms with Crippen LogP contribution in [0.2, 0.25) is 0 Å². The van der Waals surface area contributed by atoms with Crippen molar-refractivity contribution in [2.45, 2.75) is 40.5 Å². The van der Waals surface area contributed by atoms with Gasteiger partial charge in [-0.15, -0.1) is 0 Å². The maximum Gasteiger partial charge on any atom is 0.136 e. The van der Waals surface area contributed by atoms with Gasteiger partial charge in [-0.25, -0.2) is 0 Å². The Balaban J connectivity index is 2.94. The summed E-state index contributed by atoms with van der Waals surface area (Å²) in [5.41, 5.74) is 0.0874. The van der Waals surface area contributed by atoms with Crippen LogP contribution in [0.15, 0.2) is 12.2 Å². The van der Waals surface area contributed by atoms with Gasteiger partial charge in [0.1, 0.15) is 5.78 Å². The molecule has 0 aromatic carbocycles. The van der Waals surface area contributed by atoms with Crippen LogP contribution in [0.5, 0.6) is 0 Å². The molecule has 1 fully saturated rings.